The molecule has 3 rings (SSSR count). The minimum atomic E-state index is -0.443. The molecule has 2 aliphatic rings. The number of para-hydroxylation sites is 2. The lowest BCUT2D eigenvalue weighted by molar-refractivity contribution is -0.119. The van der Waals surface area contributed by atoms with Gasteiger partial charge in [0.1, 0.15) is 6.04 Å². The fourth-order valence-corrected chi connectivity index (χ4v) is 2.23. The second-order valence-corrected chi connectivity index (χ2v) is 4.90. The van der Waals surface area contributed by atoms with Gasteiger partial charge in [0.05, 0.1) is 11.4 Å². The molecule has 1 aliphatic heterocycles. The van der Waals surface area contributed by atoms with Crippen molar-refractivity contribution in [2.45, 2.75) is 18.9 Å². The summed E-state index contributed by atoms with van der Waals surface area (Å²) in [6.45, 7) is 1.32. The summed E-state index contributed by atoms with van der Waals surface area (Å²) in [5, 5.41) is 3.24. The number of hydrogen-bond acceptors (Lipinski definition) is 3. The quantitative estimate of drug-likeness (QED) is 0.803. The molecule has 0 saturated heterocycles. The zero-order chi connectivity index (χ0) is 11.8. The molecular formula is C13H17N3O. The molecule has 0 aromatic heterocycles. The van der Waals surface area contributed by atoms with Gasteiger partial charge in [-0.05, 0) is 30.9 Å². The summed E-state index contributed by atoms with van der Waals surface area (Å²) >= 11 is 0. The first-order valence-electron chi connectivity index (χ1n) is 6.15. The second kappa shape index (κ2) is 4.04. The third kappa shape index (κ3) is 2.00. The Bertz CT molecular complexity index is 442. The third-order valence-electron chi connectivity index (χ3n) is 3.43. The number of amides is 1. The smallest absolute Gasteiger partial charge is 0.245 e. The van der Waals surface area contributed by atoms with Crippen molar-refractivity contribution in [3.63, 3.8) is 0 Å². The second-order valence-electron chi connectivity index (χ2n) is 4.90. The Morgan fingerprint density at radius 1 is 1.35 bits per heavy atom. The van der Waals surface area contributed by atoms with E-state index in [1.54, 1.807) is 0 Å². The molecule has 1 aromatic carbocycles. The summed E-state index contributed by atoms with van der Waals surface area (Å²) in [6.07, 6.45) is 2.46. The molecule has 0 spiro atoms. The van der Waals surface area contributed by atoms with Crippen LogP contribution >= 0.6 is 0 Å². The van der Waals surface area contributed by atoms with E-state index in [-0.39, 0.29) is 5.91 Å². The van der Waals surface area contributed by atoms with Gasteiger partial charge >= 0.3 is 0 Å². The highest BCUT2D eigenvalue weighted by Crippen LogP contribution is 2.35. The highest BCUT2D eigenvalue weighted by atomic mass is 16.2. The van der Waals surface area contributed by atoms with Gasteiger partial charge in [-0.15, -0.1) is 0 Å². The molecule has 1 heterocycles. The number of rotatable bonds is 2. The molecule has 1 aliphatic carbocycles. The number of anilines is 2. The lowest BCUT2D eigenvalue weighted by atomic mass is 10.2. The monoisotopic (exact) mass is 231 g/mol. The summed E-state index contributed by atoms with van der Waals surface area (Å²) in [6, 6.07) is 7.48. The van der Waals surface area contributed by atoms with Crippen LogP contribution < -0.4 is 16.0 Å². The number of carbonyl (C=O) groups excluding carboxylic acids is 1. The van der Waals surface area contributed by atoms with Gasteiger partial charge in [0, 0.05) is 13.1 Å². The Kier molecular flexibility index (Phi) is 2.52. The van der Waals surface area contributed by atoms with Crippen molar-refractivity contribution in [3.8, 4) is 0 Å². The van der Waals surface area contributed by atoms with Gasteiger partial charge in [-0.2, -0.15) is 0 Å². The average molecular weight is 231 g/mol. The van der Waals surface area contributed by atoms with Crippen molar-refractivity contribution in [1.82, 2.24) is 0 Å². The van der Waals surface area contributed by atoms with E-state index in [0.29, 0.717) is 12.5 Å². The maximum atomic E-state index is 12.2. The van der Waals surface area contributed by atoms with E-state index in [4.69, 9.17) is 5.73 Å². The van der Waals surface area contributed by atoms with E-state index < -0.39 is 6.04 Å². The van der Waals surface area contributed by atoms with Crippen LogP contribution in [0.4, 0.5) is 11.4 Å². The molecule has 0 bridgehead atoms. The van der Waals surface area contributed by atoms with E-state index in [2.05, 4.69) is 5.32 Å². The van der Waals surface area contributed by atoms with Crippen LogP contribution in [0.3, 0.4) is 0 Å². The van der Waals surface area contributed by atoms with Crippen LogP contribution in [-0.4, -0.2) is 25.0 Å². The summed E-state index contributed by atoms with van der Waals surface area (Å²) in [5.41, 5.74) is 7.87. The fraction of sp³-hybridized carbons (Fsp3) is 0.462. The van der Waals surface area contributed by atoms with E-state index >= 15 is 0 Å². The molecule has 1 saturated carbocycles. The molecule has 0 radical (unpaired) electrons. The molecule has 1 atom stereocenters. The maximum absolute atomic E-state index is 12.2. The first kappa shape index (κ1) is 10.6. The van der Waals surface area contributed by atoms with Crippen LogP contribution in [0.2, 0.25) is 0 Å². The van der Waals surface area contributed by atoms with E-state index in [0.717, 1.165) is 17.9 Å². The molecule has 90 valence electrons. The number of nitrogens with two attached hydrogens (primary N) is 1. The van der Waals surface area contributed by atoms with Crippen molar-refractivity contribution >= 4 is 17.3 Å². The minimum Gasteiger partial charge on any atom is -0.381 e. The van der Waals surface area contributed by atoms with Gasteiger partial charge in [0.2, 0.25) is 5.91 Å². The number of fused-ring (bicyclic) bond motifs is 1. The molecule has 3 N–H and O–H groups in total. The molecule has 4 nitrogen and oxygen atoms in total. The molecule has 4 heteroatoms. The fourth-order valence-electron chi connectivity index (χ4n) is 2.23. The number of nitrogens with zero attached hydrogens (tertiary/aromatic N) is 1. The summed E-state index contributed by atoms with van der Waals surface area (Å²) in [5.74, 6) is 0.701. The number of nitrogens with one attached hydrogen (secondary N) is 1. The Morgan fingerprint density at radius 2 is 2.12 bits per heavy atom. The Balaban J connectivity index is 1.97. The van der Waals surface area contributed by atoms with E-state index in [1.165, 1.54) is 12.8 Å². The number of hydrogen-bond donors (Lipinski definition) is 2. The lowest BCUT2D eigenvalue weighted by Gasteiger charge is -2.23. The van der Waals surface area contributed by atoms with Gasteiger partial charge in [-0.1, -0.05) is 12.1 Å². The Hall–Kier alpha value is -1.55. The van der Waals surface area contributed by atoms with Crippen molar-refractivity contribution in [2.24, 2.45) is 11.7 Å². The maximum Gasteiger partial charge on any atom is 0.245 e. The van der Waals surface area contributed by atoms with Gasteiger partial charge in [0.25, 0.3) is 0 Å². The van der Waals surface area contributed by atoms with Gasteiger partial charge in [-0.25, -0.2) is 0 Å². The summed E-state index contributed by atoms with van der Waals surface area (Å²) in [7, 11) is 0. The lowest BCUT2D eigenvalue weighted by Crippen LogP contribution is -2.46. The molecule has 1 amide bonds. The molecule has 1 aromatic rings. The first-order chi connectivity index (χ1) is 8.25. The van der Waals surface area contributed by atoms with Gasteiger partial charge < -0.3 is 16.0 Å². The van der Waals surface area contributed by atoms with Crippen molar-refractivity contribution in [3.05, 3.63) is 24.3 Å². The van der Waals surface area contributed by atoms with Crippen molar-refractivity contribution in [2.75, 3.05) is 23.3 Å². The molecule has 0 unspecified atom stereocenters. The van der Waals surface area contributed by atoms with Crippen LogP contribution in [0.1, 0.15) is 12.8 Å². The predicted octanol–water partition coefficient (Wildman–Crippen LogP) is 1.18. The number of benzene rings is 1. The first-order valence-corrected chi connectivity index (χ1v) is 6.15. The van der Waals surface area contributed by atoms with E-state index in [1.807, 2.05) is 29.2 Å². The minimum absolute atomic E-state index is 0.0364. The van der Waals surface area contributed by atoms with Crippen LogP contribution in [-0.2, 0) is 4.79 Å². The Labute approximate surface area is 101 Å². The SMILES string of the molecule is N[C@H]1CNc2ccccc2N(CC2CC2)C1=O. The zero-order valence-electron chi connectivity index (χ0n) is 9.73. The standard InChI is InChI=1S/C13H17N3O/c14-10-7-15-11-3-1-2-4-12(11)16(13(10)17)8-9-5-6-9/h1-4,9-10,15H,5-8,14H2/t10-/m0/s1. The number of carbonyl (C=O) groups is 1. The summed E-state index contributed by atoms with van der Waals surface area (Å²) < 4.78 is 0. The zero-order valence-corrected chi connectivity index (χ0v) is 9.73. The highest BCUT2D eigenvalue weighted by Gasteiger charge is 2.32. The van der Waals surface area contributed by atoms with Crippen molar-refractivity contribution < 1.29 is 4.79 Å². The van der Waals surface area contributed by atoms with E-state index in [9.17, 15) is 4.79 Å². The predicted molar refractivity (Wildman–Crippen MR) is 68.0 cm³/mol. The molecule has 17 heavy (non-hydrogen) atoms. The highest BCUT2D eigenvalue weighted by molar-refractivity contribution is 6.01. The van der Waals surface area contributed by atoms with Crippen LogP contribution in [0.15, 0.2) is 24.3 Å². The van der Waals surface area contributed by atoms with Crippen LogP contribution in [0, 0.1) is 5.92 Å². The Morgan fingerprint density at radius 3 is 2.88 bits per heavy atom. The van der Waals surface area contributed by atoms with Crippen LogP contribution in [0.5, 0.6) is 0 Å². The molecular weight excluding hydrogens is 214 g/mol. The normalized spacial score (nSPS) is 23.9. The van der Waals surface area contributed by atoms with Gasteiger partial charge in [0.15, 0.2) is 0 Å². The van der Waals surface area contributed by atoms with Gasteiger partial charge in [-0.3, -0.25) is 4.79 Å². The topological polar surface area (TPSA) is 58.4 Å². The van der Waals surface area contributed by atoms with Crippen LogP contribution in [0.25, 0.3) is 0 Å². The largest absolute Gasteiger partial charge is 0.381 e. The average Bonchev–Trinajstić information content (AvgIpc) is 3.16. The van der Waals surface area contributed by atoms with Crippen molar-refractivity contribution in [1.29, 1.82) is 0 Å². The molecule has 1 fully saturated rings. The summed E-state index contributed by atoms with van der Waals surface area (Å²) in [4.78, 5) is 14.1. The third-order valence-corrected chi connectivity index (χ3v) is 3.43.